The van der Waals surface area contributed by atoms with Crippen molar-refractivity contribution in [3.05, 3.63) is 16.1 Å². The smallest absolute Gasteiger partial charge is 0.248 e. The molecular weight excluding hydrogens is 262 g/mol. The van der Waals surface area contributed by atoms with E-state index in [4.69, 9.17) is 0 Å². The van der Waals surface area contributed by atoms with Gasteiger partial charge in [-0.3, -0.25) is 9.59 Å². The monoisotopic (exact) mass is 281 g/mol. The Labute approximate surface area is 117 Å². The minimum absolute atomic E-state index is 0.00750. The number of hydrogen-bond acceptors (Lipinski definition) is 4. The van der Waals surface area contributed by atoms with Crippen molar-refractivity contribution < 1.29 is 9.59 Å². The van der Waals surface area contributed by atoms with E-state index in [1.165, 1.54) is 0 Å². The number of aryl methyl sites for hydroxylation is 1. The lowest BCUT2D eigenvalue weighted by Gasteiger charge is -2.30. The van der Waals surface area contributed by atoms with Crippen molar-refractivity contribution >= 4 is 23.2 Å². The van der Waals surface area contributed by atoms with Crippen LogP contribution < -0.4 is 5.32 Å². The van der Waals surface area contributed by atoms with Crippen LogP contribution in [0.5, 0.6) is 0 Å². The summed E-state index contributed by atoms with van der Waals surface area (Å²) in [6.45, 7) is 6.66. The van der Waals surface area contributed by atoms with Gasteiger partial charge in [-0.05, 0) is 20.3 Å². The Hall–Kier alpha value is -1.43. The van der Waals surface area contributed by atoms with E-state index in [1.54, 1.807) is 29.4 Å². The Kier molecular flexibility index (Phi) is 3.89. The van der Waals surface area contributed by atoms with Gasteiger partial charge in [-0.2, -0.15) is 0 Å². The molecule has 104 valence electrons. The van der Waals surface area contributed by atoms with E-state index in [-0.39, 0.29) is 11.8 Å². The summed E-state index contributed by atoms with van der Waals surface area (Å²) in [4.78, 5) is 31.3. The molecule has 0 radical (unpaired) electrons. The molecule has 1 atom stereocenters. The normalized spacial score (nSPS) is 24.3. The first-order valence-corrected chi connectivity index (χ1v) is 7.28. The lowest BCUT2D eigenvalue weighted by atomic mass is 9.97. The van der Waals surface area contributed by atoms with Crippen molar-refractivity contribution in [1.82, 2.24) is 15.2 Å². The Morgan fingerprint density at radius 1 is 1.53 bits per heavy atom. The zero-order valence-electron chi connectivity index (χ0n) is 11.5. The van der Waals surface area contributed by atoms with Crippen molar-refractivity contribution in [2.24, 2.45) is 0 Å². The van der Waals surface area contributed by atoms with Crippen LogP contribution in [0.1, 0.15) is 36.6 Å². The molecule has 0 bridgehead atoms. The summed E-state index contributed by atoms with van der Waals surface area (Å²) < 4.78 is 0. The fourth-order valence-electron chi connectivity index (χ4n) is 2.17. The van der Waals surface area contributed by atoms with Gasteiger partial charge < -0.3 is 10.2 Å². The highest BCUT2D eigenvalue weighted by Crippen LogP contribution is 2.21. The molecule has 1 aromatic heterocycles. The predicted molar refractivity (Wildman–Crippen MR) is 73.7 cm³/mol. The lowest BCUT2D eigenvalue weighted by molar-refractivity contribution is -0.138. The molecule has 0 saturated carbocycles. The van der Waals surface area contributed by atoms with Gasteiger partial charge in [0.15, 0.2) is 0 Å². The molecule has 1 N–H and O–H groups in total. The van der Waals surface area contributed by atoms with Crippen LogP contribution in [0.3, 0.4) is 0 Å². The fourth-order valence-corrected chi connectivity index (χ4v) is 2.98. The van der Waals surface area contributed by atoms with E-state index in [9.17, 15) is 9.59 Å². The molecule has 6 heteroatoms. The van der Waals surface area contributed by atoms with Gasteiger partial charge in [0.25, 0.3) is 0 Å². The lowest BCUT2D eigenvalue weighted by Crippen LogP contribution is -2.54. The summed E-state index contributed by atoms with van der Waals surface area (Å²) in [6, 6.07) is 0. The standard InChI is InChI=1S/C13H19N3O2S/c1-4-13(3)12(18)16(6-5-11(17)15-13)8-10-7-14-9(2)19-10/h7H,4-6,8H2,1-3H3,(H,15,17). The van der Waals surface area contributed by atoms with E-state index in [1.807, 2.05) is 13.8 Å². The number of aromatic nitrogens is 1. The second kappa shape index (κ2) is 5.28. The quantitative estimate of drug-likeness (QED) is 0.912. The summed E-state index contributed by atoms with van der Waals surface area (Å²) in [5.41, 5.74) is -0.784. The van der Waals surface area contributed by atoms with Crippen molar-refractivity contribution in [2.75, 3.05) is 6.54 Å². The topological polar surface area (TPSA) is 62.3 Å². The van der Waals surface area contributed by atoms with E-state index in [2.05, 4.69) is 10.3 Å². The number of thiazole rings is 1. The minimum Gasteiger partial charge on any atom is -0.342 e. The van der Waals surface area contributed by atoms with Gasteiger partial charge in [-0.15, -0.1) is 11.3 Å². The average Bonchev–Trinajstić information content (AvgIpc) is 2.74. The maximum atomic E-state index is 12.6. The van der Waals surface area contributed by atoms with E-state index >= 15 is 0 Å². The van der Waals surface area contributed by atoms with Crippen LogP contribution in [0, 0.1) is 6.92 Å². The largest absolute Gasteiger partial charge is 0.342 e. The van der Waals surface area contributed by atoms with E-state index in [0.717, 1.165) is 9.88 Å². The highest BCUT2D eigenvalue weighted by atomic mass is 32.1. The van der Waals surface area contributed by atoms with Crippen molar-refractivity contribution in [2.45, 2.75) is 45.7 Å². The maximum absolute atomic E-state index is 12.6. The maximum Gasteiger partial charge on any atom is 0.248 e. The number of nitrogens with one attached hydrogen (secondary N) is 1. The Morgan fingerprint density at radius 2 is 2.26 bits per heavy atom. The van der Waals surface area contributed by atoms with Crippen molar-refractivity contribution in [3.63, 3.8) is 0 Å². The molecule has 2 heterocycles. The first-order chi connectivity index (χ1) is 8.94. The highest BCUT2D eigenvalue weighted by molar-refractivity contribution is 7.11. The number of carbonyl (C=O) groups excluding carboxylic acids is 2. The van der Waals surface area contributed by atoms with E-state index in [0.29, 0.717) is 25.9 Å². The number of nitrogens with zero attached hydrogens (tertiary/aromatic N) is 2. The molecule has 1 fully saturated rings. The molecular formula is C13H19N3O2S. The third kappa shape index (κ3) is 2.94. The molecule has 1 saturated heterocycles. The van der Waals surface area contributed by atoms with Crippen LogP contribution >= 0.6 is 11.3 Å². The molecule has 0 spiro atoms. The summed E-state index contributed by atoms with van der Waals surface area (Å²) in [6.07, 6.45) is 2.76. The van der Waals surface area contributed by atoms with Crippen LogP contribution in [0.4, 0.5) is 0 Å². The molecule has 5 nitrogen and oxygen atoms in total. The summed E-state index contributed by atoms with van der Waals surface area (Å²) in [7, 11) is 0. The van der Waals surface area contributed by atoms with Gasteiger partial charge >= 0.3 is 0 Å². The first-order valence-electron chi connectivity index (χ1n) is 6.46. The molecule has 1 unspecified atom stereocenters. The van der Waals surface area contributed by atoms with Crippen molar-refractivity contribution in [1.29, 1.82) is 0 Å². The van der Waals surface area contributed by atoms with Crippen molar-refractivity contribution in [3.8, 4) is 0 Å². The summed E-state index contributed by atoms with van der Waals surface area (Å²) in [5, 5.41) is 3.82. The molecule has 0 aliphatic carbocycles. The van der Waals surface area contributed by atoms with Crippen LogP contribution in [0.25, 0.3) is 0 Å². The van der Waals surface area contributed by atoms with Crippen LogP contribution in [-0.4, -0.2) is 33.8 Å². The average molecular weight is 281 g/mol. The SMILES string of the molecule is CCC1(C)NC(=O)CCN(Cc2cnc(C)s2)C1=O. The number of amides is 2. The summed E-state index contributed by atoms with van der Waals surface area (Å²) in [5.74, 6) is -0.0624. The van der Waals surface area contributed by atoms with Gasteiger partial charge in [-0.25, -0.2) is 4.98 Å². The van der Waals surface area contributed by atoms with Crippen LogP contribution in [0.2, 0.25) is 0 Å². The van der Waals surface area contributed by atoms with E-state index < -0.39 is 5.54 Å². The molecule has 1 aliphatic heterocycles. The van der Waals surface area contributed by atoms with Gasteiger partial charge in [-0.1, -0.05) is 6.92 Å². The Balaban J connectivity index is 2.19. The third-order valence-electron chi connectivity index (χ3n) is 3.51. The zero-order valence-corrected chi connectivity index (χ0v) is 12.3. The number of carbonyl (C=O) groups is 2. The zero-order chi connectivity index (χ0) is 14.0. The van der Waals surface area contributed by atoms with Gasteiger partial charge in [0, 0.05) is 24.0 Å². The molecule has 2 rings (SSSR count). The Morgan fingerprint density at radius 3 is 2.84 bits per heavy atom. The molecule has 1 aliphatic rings. The predicted octanol–water partition coefficient (Wildman–Crippen LogP) is 1.47. The molecule has 1 aromatic rings. The molecule has 19 heavy (non-hydrogen) atoms. The van der Waals surface area contributed by atoms with Gasteiger partial charge in [0.05, 0.1) is 11.6 Å². The van der Waals surface area contributed by atoms with Crippen LogP contribution in [-0.2, 0) is 16.1 Å². The molecule has 0 aromatic carbocycles. The van der Waals surface area contributed by atoms with Gasteiger partial charge in [0.2, 0.25) is 11.8 Å². The second-order valence-electron chi connectivity index (χ2n) is 5.06. The van der Waals surface area contributed by atoms with Gasteiger partial charge in [0.1, 0.15) is 5.54 Å². The number of hydrogen-bond donors (Lipinski definition) is 1. The first kappa shape index (κ1) is 14.0. The minimum atomic E-state index is -0.784. The second-order valence-corrected chi connectivity index (χ2v) is 6.38. The molecule has 2 amide bonds. The van der Waals surface area contributed by atoms with Crippen LogP contribution in [0.15, 0.2) is 6.20 Å². The summed E-state index contributed by atoms with van der Waals surface area (Å²) >= 11 is 1.59. The fraction of sp³-hybridized carbons (Fsp3) is 0.615. The highest BCUT2D eigenvalue weighted by Gasteiger charge is 2.39. The number of rotatable bonds is 3. The third-order valence-corrected chi connectivity index (χ3v) is 4.40. The Bertz CT molecular complexity index is 500.